The Kier molecular flexibility index (Phi) is 12.8. The van der Waals surface area contributed by atoms with E-state index in [1.165, 1.54) is 11.0 Å². The summed E-state index contributed by atoms with van der Waals surface area (Å²) in [5.74, 6) is -1.34. The van der Waals surface area contributed by atoms with Crippen LogP contribution in [0.1, 0.15) is 49.3 Å². The van der Waals surface area contributed by atoms with E-state index in [2.05, 4.69) is 0 Å². The van der Waals surface area contributed by atoms with Crippen molar-refractivity contribution in [1.29, 1.82) is 0 Å². The first-order valence-corrected chi connectivity index (χ1v) is 15.2. The van der Waals surface area contributed by atoms with Crippen molar-refractivity contribution in [3.63, 3.8) is 0 Å². The van der Waals surface area contributed by atoms with Gasteiger partial charge in [0.1, 0.15) is 10.9 Å². The van der Waals surface area contributed by atoms with Gasteiger partial charge in [-0.2, -0.15) is 0 Å². The number of carbonyl (C=O) groups is 4. The van der Waals surface area contributed by atoms with E-state index in [1.807, 2.05) is 32.0 Å². The second-order valence-corrected chi connectivity index (χ2v) is 11.0. The van der Waals surface area contributed by atoms with Crippen molar-refractivity contribution in [2.45, 2.75) is 46.5 Å². The van der Waals surface area contributed by atoms with Crippen LogP contribution in [-0.4, -0.2) is 56.4 Å². The number of imide groups is 1. The molecule has 2 aliphatic rings. The zero-order chi connectivity index (χ0) is 31.7. The number of aryl methyl sites for hydroxylation is 2. The molecule has 1 aliphatic heterocycles. The number of halogens is 3. The predicted octanol–water partition coefficient (Wildman–Crippen LogP) is 6.75. The fraction of sp³-hybridized carbons (Fsp3) is 0.375. The molecular formula is C32H35Cl3N2O6. The molecule has 0 atom stereocenters. The number of amides is 3. The van der Waals surface area contributed by atoms with Crippen LogP contribution in [0.3, 0.4) is 0 Å². The van der Waals surface area contributed by atoms with Crippen molar-refractivity contribution >= 4 is 75.9 Å². The summed E-state index contributed by atoms with van der Waals surface area (Å²) in [7, 11) is 1.62. The summed E-state index contributed by atoms with van der Waals surface area (Å²) in [6.45, 7) is 6.87. The Morgan fingerprint density at radius 2 is 1.63 bits per heavy atom. The minimum atomic E-state index is -0.666. The topological polar surface area (TPSA) is 93.2 Å². The zero-order valence-electron chi connectivity index (χ0n) is 24.7. The quantitative estimate of drug-likeness (QED) is 0.129. The van der Waals surface area contributed by atoms with Gasteiger partial charge in [0.05, 0.1) is 18.9 Å². The van der Waals surface area contributed by atoms with Crippen LogP contribution in [0.2, 0.25) is 5.02 Å². The summed E-state index contributed by atoms with van der Waals surface area (Å²) in [6, 6.07) is 10.7. The van der Waals surface area contributed by atoms with E-state index in [0.717, 1.165) is 29.7 Å². The number of nitrogens with zero attached hydrogens (tertiary/aromatic N) is 2. The van der Waals surface area contributed by atoms with Gasteiger partial charge >= 0.3 is 5.97 Å². The van der Waals surface area contributed by atoms with Gasteiger partial charge < -0.3 is 14.4 Å². The monoisotopic (exact) mass is 648 g/mol. The molecule has 0 N–H and O–H groups in total. The molecule has 1 aliphatic carbocycles. The van der Waals surface area contributed by atoms with Crippen molar-refractivity contribution in [3.05, 3.63) is 74.3 Å². The van der Waals surface area contributed by atoms with Gasteiger partial charge in [-0.05, 0) is 87.4 Å². The van der Waals surface area contributed by atoms with E-state index in [0.29, 0.717) is 53.4 Å². The second-order valence-electron chi connectivity index (χ2n) is 9.94. The molecule has 2 aromatic rings. The summed E-state index contributed by atoms with van der Waals surface area (Å²) >= 11 is 17.8. The molecule has 0 fully saturated rings. The Labute approximate surface area is 267 Å². The smallest absolute Gasteiger partial charge is 0.349 e. The highest BCUT2D eigenvalue weighted by atomic mass is 35.5. The number of hydrogen-bond acceptors (Lipinski definition) is 6. The molecule has 43 heavy (non-hydrogen) atoms. The lowest BCUT2D eigenvalue weighted by Gasteiger charge is -2.25. The van der Waals surface area contributed by atoms with Crippen LogP contribution >= 0.6 is 34.8 Å². The third-order valence-electron chi connectivity index (χ3n) is 7.02. The Hall–Kier alpha value is -3.17. The lowest BCUT2D eigenvalue weighted by molar-refractivity contribution is -0.137. The highest BCUT2D eigenvalue weighted by molar-refractivity contribution is 6.43. The molecule has 8 nitrogen and oxygen atoms in total. The molecule has 230 valence electrons. The van der Waals surface area contributed by atoms with E-state index in [9.17, 15) is 19.2 Å². The average Bonchev–Trinajstić information content (AvgIpc) is 3.25. The number of para-hydroxylation sites is 1. The molecule has 11 heteroatoms. The Morgan fingerprint density at radius 1 is 1.02 bits per heavy atom. The van der Waals surface area contributed by atoms with Gasteiger partial charge in [0.15, 0.2) is 0 Å². The predicted molar refractivity (Wildman–Crippen MR) is 171 cm³/mol. The molecule has 0 saturated carbocycles. The first-order chi connectivity index (χ1) is 20.5. The lowest BCUT2D eigenvalue weighted by atomic mass is 9.93. The molecule has 0 saturated heterocycles. The largest absolute Gasteiger partial charge is 0.462 e. The van der Waals surface area contributed by atoms with Gasteiger partial charge in [-0.25, -0.2) is 9.69 Å². The maximum absolute atomic E-state index is 12.7. The summed E-state index contributed by atoms with van der Waals surface area (Å²) in [5.41, 5.74) is 5.12. The first kappa shape index (κ1) is 34.3. The summed E-state index contributed by atoms with van der Waals surface area (Å²) in [6.07, 6.45) is 4.45. The highest BCUT2D eigenvalue weighted by Gasteiger charge is 2.39. The molecule has 0 radical (unpaired) electrons. The number of rotatable bonds is 9. The van der Waals surface area contributed by atoms with Crippen molar-refractivity contribution in [2.24, 2.45) is 0 Å². The van der Waals surface area contributed by atoms with Crippen LogP contribution in [0.4, 0.5) is 11.4 Å². The van der Waals surface area contributed by atoms with Crippen LogP contribution in [0, 0.1) is 13.8 Å². The van der Waals surface area contributed by atoms with Crippen LogP contribution in [0.15, 0.2) is 52.6 Å². The number of carbonyl (C=O) groups excluding carboxylic acids is 4. The highest BCUT2D eigenvalue weighted by Crippen LogP contribution is 2.37. The SMILES string of the molecule is CCOC(=O)/C(Cl)=C/c1cc(N2C(=O)C3=C(CCCC3)C2=O)ccc1Cl.COCCN(C(=O)CCl)c1c(C)cccc1C. The standard InChI is InChI=1S/C19H17Cl2NO4.C13H18ClNO2/c1-2-26-19(25)16(21)10-11-9-12(7-8-15(11)20)22-17(23)13-5-3-4-6-14(13)18(22)24;1-10-5-4-6-11(2)13(10)15(7-8-17-3)12(16)9-14/h7-10H,2-6H2,1H3;4-6H,7-9H2,1-3H3/b16-10-;. The fourth-order valence-electron chi connectivity index (χ4n) is 5.00. The summed E-state index contributed by atoms with van der Waals surface area (Å²) in [4.78, 5) is 51.7. The number of anilines is 2. The Morgan fingerprint density at radius 3 is 2.16 bits per heavy atom. The fourth-order valence-corrected chi connectivity index (χ4v) is 5.49. The molecule has 4 rings (SSSR count). The second kappa shape index (κ2) is 16.1. The lowest BCUT2D eigenvalue weighted by Crippen LogP contribution is -2.35. The first-order valence-electron chi connectivity index (χ1n) is 13.9. The van der Waals surface area contributed by atoms with Crippen molar-refractivity contribution in [2.75, 3.05) is 42.5 Å². The molecule has 0 spiro atoms. The molecular weight excluding hydrogens is 615 g/mol. The number of hydrogen-bond donors (Lipinski definition) is 0. The molecule has 0 unspecified atom stereocenters. The van der Waals surface area contributed by atoms with Gasteiger partial charge in [0.2, 0.25) is 5.91 Å². The number of alkyl halides is 1. The van der Waals surface area contributed by atoms with E-state index < -0.39 is 5.97 Å². The van der Waals surface area contributed by atoms with E-state index in [1.54, 1.807) is 37.1 Å². The van der Waals surface area contributed by atoms with Gasteiger partial charge in [-0.1, -0.05) is 41.4 Å². The van der Waals surface area contributed by atoms with Crippen molar-refractivity contribution in [1.82, 2.24) is 0 Å². The van der Waals surface area contributed by atoms with Crippen molar-refractivity contribution < 1.29 is 28.7 Å². The summed E-state index contributed by atoms with van der Waals surface area (Å²) < 4.78 is 9.87. The average molecular weight is 650 g/mol. The Bertz CT molecular complexity index is 1400. The van der Waals surface area contributed by atoms with Gasteiger partial charge in [0, 0.05) is 35.5 Å². The molecule has 3 amide bonds. The minimum absolute atomic E-state index is 0.0164. The number of esters is 1. The maximum atomic E-state index is 12.7. The Balaban J connectivity index is 0.000000259. The third-order valence-corrected chi connectivity index (χ3v) is 7.86. The van der Waals surface area contributed by atoms with Gasteiger partial charge in [-0.15, -0.1) is 11.6 Å². The normalized spacial score (nSPS) is 14.8. The van der Waals surface area contributed by atoms with E-state index >= 15 is 0 Å². The maximum Gasteiger partial charge on any atom is 0.349 e. The van der Waals surface area contributed by atoms with Crippen LogP contribution < -0.4 is 9.80 Å². The summed E-state index contributed by atoms with van der Waals surface area (Å²) in [5, 5.41) is 0.204. The van der Waals surface area contributed by atoms with Crippen LogP contribution in [0.25, 0.3) is 6.08 Å². The van der Waals surface area contributed by atoms with Gasteiger partial charge in [0.25, 0.3) is 11.8 Å². The van der Waals surface area contributed by atoms with Crippen molar-refractivity contribution in [3.8, 4) is 0 Å². The number of methoxy groups -OCH3 is 1. The van der Waals surface area contributed by atoms with E-state index in [-0.39, 0.29) is 35.2 Å². The molecule has 0 bridgehead atoms. The number of ether oxygens (including phenoxy) is 2. The van der Waals surface area contributed by atoms with Crippen LogP contribution in [-0.2, 0) is 28.7 Å². The van der Waals surface area contributed by atoms with Crippen LogP contribution in [0.5, 0.6) is 0 Å². The van der Waals surface area contributed by atoms with E-state index in [4.69, 9.17) is 44.3 Å². The number of benzene rings is 2. The molecule has 2 aromatic carbocycles. The third kappa shape index (κ3) is 8.26. The minimum Gasteiger partial charge on any atom is -0.462 e. The molecule has 1 heterocycles. The molecule has 0 aromatic heterocycles. The van der Waals surface area contributed by atoms with Gasteiger partial charge in [-0.3, -0.25) is 14.4 Å². The zero-order valence-corrected chi connectivity index (χ0v) is 26.9.